The molecule has 4 rings (SSSR count). The maximum absolute atomic E-state index is 13.1. The molecule has 1 fully saturated rings. The molecule has 1 saturated heterocycles. The number of anilines is 1. The number of halogens is 1. The van der Waals surface area contributed by atoms with Crippen molar-refractivity contribution < 1.29 is 4.79 Å². The molecule has 2 heterocycles. The molecule has 0 spiro atoms. The standard InChI is InChI=1S/C26H32ClN5O2/c1-5-19-7-10-21(11-8-19)28-26(34)32-14-13-30(16-17(32)3)18(4)24-29-23-12-9-20(27)15-22(23)25(33)31(24)6-2/h7-12,15,17-18H,5-6,13-14,16H2,1-4H3,(H,28,34). The summed E-state index contributed by atoms with van der Waals surface area (Å²) in [6.45, 7) is 10.7. The summed E-state index contributed by atoms with van der Waals surface area (Å²) in [6, 6.07) is 13.1. The lowest BCUT2D eigenvalue weighted by Crippen LogP contribution is -2.55. The third kappa shape index (κ3) is 4.81. The third-order valence-corrected chi connectivity index (χ3v) is 6.95. The normalized spacial score (nSPS) is 17.7. The SMILES string of the molecule is CCc1ccc(NC(=O)N2CCN(C(C)c3nc4ccc(Cl)cc4c(=O)n3CC)CC2C)cc1. The predicted molar refractivity (Wildman–Crippen MR) is 138 cm³/mol. The average Bonchev–Trinajstić information content (AvgIpc) is 2.84. The van der Waals surface area contributed by atoms with Crippen molar-refractivity contribution in [1.29, 1.82) is 0 Å². The zero-order valence-corrected chi connectivity index (χ0v) is 21.0. The van der Waals surface area contributed by atoms with E-state index in [2.05, 4.69) is 31.0 Å². The number of hydrogen-bond donors (Lipinski definition) is 1. The van der Waals surface area contributed by atoms with Crippen molar-refractivity contribution in [2.45, 2.75) is 52.7 Å². The maximum atomic E-state index is 13.1. The second-order valence-electron chi connectivity index (χ2n) is 8.87. The smallest absolute Gasteiger partial charge is 0.319 e. The number of urea groups is 1. The van der Waals surface area contributed by atoms with Gasteiger partial charge in [-0.2, -0.15) is 0 Å². The van der Waals surface area contributed by atoms with Crippen molar-refractivity contribution in [1.82, 2.24) is 19.4 Å². The maximum Gasteiger partial charge on any atom is 0.322 e. The number of carbonyl (C=O) groups excluding carboxylic acids is 1. The number of aryl methyl sites for hydroxylation is 1. The zero-order chi connectivity index (χ0) is 24.4. The van der Waals surface area contributed by atoms with Crippen LogP contribution in [0.15, 0.2) is 47.3 Å². The molecule has 1 aliphatic heterocycles. The Morgan fingerprint density at radius 3 is 2.56 bits per heavy atom. The fourth-order valence-electron chi connectivity index (χ4n) is 4.66. The van der Waals surface area contributed by atoms with Gasteiger partial charge in [0.2, 0.25) is 0 Å². The van der Waals surface area contributed by atoms with Crippen molar-refractivity contribution in [3.05, 3.63) is 69.2 Å². The van der Waals surface area contributed by atoms with Crippen LogP contribution in [0, 0.1) is 0 Å². The quantitative estimate of drug-likeness (QED) is 0.560. The third-order valence-electron chi connectivity index (χ3n) is 6.72. The first-order valence-corrected chi connectivity index (χ1v) is 12.3. The summed E-state index contributed by atoms with van der Waals surface area (Å²) in [6.07, 6.45) is 0.969. The van der Waals surface area contributed by atoms with E-state index < -0.39 is 0 Å². The first kappa shape index (κ1) is 24.2. The van der Waals surface area contributed by atoms with Crippen LogP contribution >= 0.6 is 11.6 Å². The molecular weight excluding hydrogens is 450 g/mol. The Hall–Kier alpha value is -2.90. The lowest BCUT2D eigenvalue weighted by molar-refractivity contribution is 0.0793. The molecule has 1 aromatic heterocycles. The average molecular weight is 482 g/mol. The largest absolute Gasteiger partial charge is 0.322 e. The number of benzene rings is 2. The Labute approximate surface area is 205 Å². The summed E-state index contributed by atoms with van der Waals surface area (Å²) in [5.74, 6) is 0.739. The molecule has 0 saturated carbocycles. The van der Waals surface area contributed by atoms with Gasteiger partial charge < -0.3 is 10.2 Å². The van der Waals surface area contributed by atoms with Crippen LogP contribution < -0.4 is 10.9 Å². The lowest BCUT2D eigenvalue weighted by Gasteiger charge is -2.42. The molecule has 0 bridgehead atoms. The van der Waals surface area contributed by atoms with Gasteiger partial charge in [0.05, 0.1) is 16.9 Å². The summed E-state index contributed by atoms with van der Waals surface area (Å²) in [7, 11) is 0. The Kier molecular flexibility index (Phi) is 7.24. The van der Waals surface area contributed by atoms with Gasteiger partial charge in [-0.3, -0.25) is 14.3 Å². The zero-order valence-electron chi connectivity index (χ0n) is 20.2. The highest BCUT2D eigenvalue weighted by molar-refractivity contribution is 6.31. The van der Waals surface area contributed by atoms with E-state index >= 15 is 0 Å². The van der Waals surface area contributed by atoms with E-state index in [4.69, 9.17) is 16.6 Å². The predicted octanol–water partition coefficient (Wildman–Crippen LogP) is 4.93. The number of amides is 2. The van der Waals surface area contributed by atoms with Crippen molar-refractivity contribution >= 4 is 34.2 Å². The monoisotopic (exact) mass is 481 g/mol. The van der Waals surface area contributed by atoms with Gasteiger partial charge in [0.15, 0.2) is 0 Å². The highest BCUT2D eigenvalue weighted by Gasteiger charge is 2.31. The summed E-state index contributed by atoms with van der Waals surface area (Å²) >= 11 is 6.11. The number of rotatable bonds is 5. The van der Waals surface area contributed by atoms with Gasteiger partial charge in [0, 0.05) is 42.9 Å². The molecule has 1 aliphatic rings. The second kappa shape index (κ2) is 10.2. The number of fused-ring (bicyclic) bond motifs is 1. The van der Waals surface area contributed by atoms with Gasteiger partial charge in [0.25, 0.3) is 5.56 Å². The van der Waals surface area contributed by atoms with Crippen molar-refractivity contribution in [3.63, 3.8) is 0 Å². The van der Waals surface area contributed by atoms with E-state index in [1.807, 2.05) is 36.1 Å². The number of aromatic nitrogens is 2. The van der Waals surface area contributed by atoms with Crippen molar-refractivity contribution in [3.8, 4) is 0 Å². The number of nitrogens with zero attached hydrogens (tertiary/aromatic N) is 4. The molecule has 34 heavy (non-hydrogen) atoms. The van der Waals surface area contributed by atoms with E-state index in [0.29, 0.717) is 42.1 Å². The van der Waals surface area contributed by atoms with Crippen LogP contribution in [0.1, 0.15) is 45.1 Å². The molecule has 1 N–H and O–H groups in total. The summed E-state index contributed by atoms with van der Waals surface area (Å²) in [4.78, 5) is 35.1. The van der Waals surface area contributed by atoms with Gasteiger partial charge in [-0.1, -0.05) is 30.7 Å². The van der Waals surface area contributed by atoms with Crippen molar-refractivity contribution in [2.24, 2.45) is 0 Å². The van der Waals surface area contributed by atoms with E-state index in [1.165, 1.54) is 5.56 Å². The molecule has 0 aliphatic carbocycles. The molecule has 180 valence electrons. The summed E-state index contributed by atoms with van der Waals surface area (Å²) < 4.78 is 1.73. The number of carbonyl (C=O) groups is 1. The Balaban J connectivity index is 1.49. The van der Waals surface area contributed by atoms with Gasteiger partial charge in [-0.05, 0) is 63.1 Å². The van der Waals surface area contributed by atoms with Crippen LogP contribution in [0.5, 0.6) is 0 Å². The lowest BCUT2D eigenvalue weighted by atomic mass is 10.1. The Morgan fingerprint density at radius 2 is 1.91 bits per heavy atom. The number of hydrogen-bond acceptors (Lipinski definition) is 4. The highest BCUT2D eigenvalue weighted by Crippen LogP contribution is 2.25. The molecule has 7 nitrogen and oxygen atoms in total. The van der Waals surface area contributed by atoms with Crippen LogP contribution in [0.2, 0.25) is 5.02 Å². The van der Waals surface area contributed by atoms with Gasteiger partial charge in [-0.15, -0.1) is 0 Å². The topological polar surface area (TPSA) is 70.5 Å². The van der Waals surface area contributed by atoms with Gasteiger partial charge >= 0.3 is 6.03 Å². The number of nitrogens with one attached hydrogen (secondary N) is 1. The van der Waals surface area contributed by atoms with E-state index in [0.717, 1.165) is 17.9 Å². The minimum atomic E-state index is -0.0878. The van der Waals surface area contributed by atoms with Crippen LogP contribution in [0.25, 0.3) is 10.9 Å². The molecule has 2 amide bonds. The minimum Gasteiger partial charge on any atom is -0.319 e. The van der Waals surface area contributed by atoms with Gasteiger partial charge in [0.1, 0.15) is 5.82 Å². The minimum absolute atomic E-state index is 0.0205. The highest BCUT2D eigenvalue weighted by atomic mass is 35.5. The van der Waals surface area contributed by atoms with E-state index in [1.54, 1.807) is 22.8 Å². The molecule has 8 heteroatoms. The Bertz CT molecular complexity index is 1240. The van der Waals surface area contributed by atoms with Crippen molar-refractivity contribution in [2.75, 3.05) is 25.0 Å². The van der Waals surface area contributed by atoms with Gasteiger partial charge in [-0.25, -0.2) is 9.78 Å². The summed E-state index contributed by atoms with van der Waals surface area (Å²) in [5.41, 5.74) is 2.63. The van der Waals surface area contributed by atoms with E-state index in [9.17, 15) is 9.59 Å². The molecule has 2 atom stereocenters. The molecule has 2 unspecified atom stereocenters. The fraction of sp³-hybridized carbons (Fsp3) is 0.423. The van der Waals surface area contributed by atoms with Crippen LogP contribution in [0.3, 0.4) is 0 Å². The first-order valence-electron chi connectivity index (χ1n) is 11.9. The molecular formula is C26H32ClN5O2. The summed E-state index contributed by atoms with van der Waals surface area (Å²) in [5, 5.41) is 4.08. The Morgan fingerprint density at radius 1 is 1.18 bits per heavy atom. The number of piperazine rings is 1. The molecule has 2 aromatic carbocycles. The molecule has 0 radical (unpaired) electrons. The second-order valence-corrected chi connectivity index (χ2v) is 9.31. The van der Waals surface area contributed by atoms with Crippen LogP contribution in [0.4, 0.5) is 10.5 Å². The van der Waals surface area contributed by atoms with Crippen LogP contribution in [-0.2, 0) is 13.0 Å². The van der Waals surface area contributed by atoms with E-state index in [-0.39, 0.29) is 23.7 Å². The molecule has 3 aromatic rings. The first-order chi connectivity index (χ1) is 16.3. The fourth-order valence-corrected chi connectivity index (χ4v) is 4.83. The van der Waals surface area contributed by atoms with Crippen LogP contribution in [-0.4, -0.2) is 51.1 Å².